The molecular weight excluding hydrogens is 186 g/mol. The highest BCUT2D eigenvalue weighted by atomic mass is 14.9. The van der Waals surface area contributed by atoms with Crippen molar-refractivity contribution in [1.29, 1.82) is 0 Å². The number of hydrogen-bond acceptors (Lipinski definition) is 2. The highest BCUT2D eigenvalue weighted by Gasteiger charge is 1.93. The zero-order valence-corrected chi connectivity index (χ0v) is 9.76. The fourth-order valence-corrected chi connectivity index (χ4v) is 1.63. The monoisotopic (exact) mass is 209 g/mol. The molecule has 2 N–H and O–H groups in total. The first-order valence-electron chi connectivity index (χ1n) is 6.11. The van der Waals surface area contributed by atoms with Crippen molar-refractivity contribution in [3.05, 3.63) is 18.2 Å². The van der Waals surface area contributed by atoms with E-state index in [0.717, 1.165) is 13.1 Å². The van der Waals surface area contributed by atoms with Crippen LogP contribution in [0.5, 0.6) is 0 Å². The van der Waals surface area contributed by atoms with Crippen LogP contribution in [0.4, 0.5) is 0 Å². The van der Waals surface area contributed by atoms with E-state index in [9.17, 15) is 0 Å². The van der Waals surface area contributed by atoms with Crippen molar-refractivity contribution in [2.45, 2.75) is 52.0 Å². The molecule has 0 atom stereocenters. The maximum atomic E-state index is 3.98. The van der Waals surface area contributed by atoms with Crippen molar-refractivity contribution >= 4 is 0 Å². The Morgan fingerprint density at radius 1 is 1.20 bits per heavy atom. The Kier molecular flexibility index (Phi) is 6.92. The Morgan fingerprint density at radius 2 is 2.00 bits per heavy atom. The number of nitrogens with one attached hydrogen (secondary N) is 2. The van der Waals surface area contributed by atoms with Gasteiger partial charge in [0, 0.05) is 18.4 Å². The first-order valence-corrected chi connectivity index (χ1v) is 6.11. The van der Waals surface area contributed by atoms with Gasteiger partial charge >= 0.3 is 0 Å². The van der Waals surface area contributed by atoms with E-state index in [0.29, 0.717) is 0 Å². The summed E-state index contributed by atoms with van der Waals surface area (Å²) in [6.45, 7) is 4.28. The van der Waals surface area contributed by atoms with E-state index < -0.39 is 0 Å². The molecule has 0 bridgehead atoms. The predicted octanol–water partition coefficient (Wildman–Crippen LogP) is 2.86. The number of rotatable bonds is 9. The van der Waals surface area contributed by atoms with Crippen molar-refractivity contribution in [3.63, 3.8) is 0 Å². The van der Waals surface area contributed by atoms with E-state index in [1.54, 1.807) is 6.33 Å². The molecule has 0 aliphatic carbocycles. The van der Waals surface area contributed by atoms with Gasteiger partial charge in [-0.15, -0.1) is 0 Å². The maximum absolute atomic E-state index is 3.98. The number of aromatic nitrogens is 2. The van der Waals surface area contributed by atoms with Gasteiger partial charge in [0.15, 0.2) is 0 Å². The molecule has 0 fully saturated rings. The summed E-state index contributed by atoms with van der Waals surface area (Å²) in [5.41, 5.74) is 1.17. The molecule has 1 rings (SSSR count). The summed E-state index contributed by atoms with van der Waals surface area (Å²) < 4.78 is 0. The van der Waals surface area contributed by atoms with Gasteiger partial charge < -0.3 is 10.3 Å². The minimum atomic E-state index is 0.912. The summed E-state index contributed by atoms with van der Waals surface area (Å²) in [6, 6.07) is 0. The first kappa shape index (κ1) is 12.2. The Balaban J connectivity index is 1.81. The van der Waals surface area contributed by atoms with E-state index in [-0.39, 0.29) is 0 Å². The minimum absolute atomic E-state index is 0.912. The first-order chi connectivity index (χ1) is 7.43. The van der Waals surface area contributed by atoms with Crippen LogP contribution in [0.15, 0.2) is 12.5 Å². The molecule has 0 saturated heterocycles. The Morgan fingerprint density at radius 3 is 2.73 bits per heavy atom. The SMILES string of the molecule is CCCCCCCCNCc1cnc[nH]1. The second kappa shape index (κ2) is 8.48. The number of hydrogen-bond donors (Lipinski definition) is 2. The van der Waals surface area contributed by atoms with Crippen molar-refractivity contribution in [1.82, 2.24) is 15.3 Å². The number of unbranched alkanes of at least 4 members (excludes halogenated alkanes) is 5. The van der Waals surface area contributed by atoms with Crippen LogP contribution in [0.1, 0.15) is 51.1 Å². The number of nitrogens with zero attached hydrogens (tertiary/aromatic N) is 1. The summed E-state index contributed by atoms with van der Waals surface area (Å²) in [6.07, 6.45) is 11.8. The molecule has 1 heterocycles. The lowest BCUT2D eigenvalue weighted by atomic mass is 10.1. The summed E-state index contributed by atoms with van der Waals surface area (Å²) in [4.78, 5) is 7.06. The van der Waals surface area contributed by atoms with Gasteiger partial charge in [0.1, 0.15) is 0 Å². The maximum Gasteiger partial charge on any atom is 0.0922 e. The summed E-state index contributed by atoms with van der Waals surface area (Å²) in [5, 5.41) is 3.41. The van der Waals surface area contributed by atoms with Crippen molar-refractivity contribution in [3.8, 4) is 0 Å². The van der Waals surface area contributed by atoms with E-state index >= 15 is 0 Å². The molecule has 3 heteroatoms. The smallest absolute Gasteiger partial charge is 0.0922 e. The van der Waals surface area contributed by atoms with Gasteiger partial charge in [-0.2, -0.15) is 0 Å². The van der Waals surface area contributed by atoms with Crippen LogP contribution in [0.25, 0.3) is 0 Å². The highest BCUT2D eigenvalue weighted by molar-refractivity contribution is 4.92. The van der Waals surface area contributed by atoms with E-state index in [1.165, 1.54) is 44.2 Å². The Hall–Kier alpha value is -0.830. The topological polar surface area (TPSA) is 40.7 Å². The minimum Gasteiger partial charge on any atom is -0.347 e. The fourth-order valence-electron chi connectivity index (χ4n) is 1.63. The lowest BCUT2D eigenvalue weighted by Crippen LogP contribution is -2.14. The van der Waals surface area contributed by atoms with Crippen LogP contribution in [-0.4, -0.2) is 16.5 Å². The van der Waals surface area contributed by atoms with Gasteiger partial charge in [-0.25, -0.2) is 4.98 Å². The predicted molar refractivity (Wildman–Crippen MR) is 63.7 cm³/mol. The zero-order chi connectivity index (χ0) is 10.8. The van der Waals surface area contributed by atoms with Gasteiger partial charge in [0.05, 0.1) is 6.33 Å². The fraction of sp³-hybridized carbons (Fsp3) is 0.750. The van der Waals surface area contributed by atoms with Crippen LogP contribution in [0.2, 0.25) is 0 Å². The lowest BCUT2D eigenvalue weighted by molar-refractivity contribution is 0.570. The van der Waals surface area contributed by atoms with Crippen LogP contribution >= 0.6 is 0 Å². The second-order valence-electron chi connectivity index (χ2n) is 4.02. The standard InChI is InChI=1S/C12H23N3/c1-2-3-4-5-6-7-8-13-9-12-10-14-11-15-12/h10-11,13H,2-9H2,1H3,(H,14,15). The van der Waals surface area contributed by atoms with Crippen molar-refractivity contribution < 1.29 is 0 Å². The van der Waals surface area contributed by atoms with E-state index in [4.69, 9.17) is 0 Å². The highest BCUT2D eigenvalue weighted by Crippen LogP contribution is 2.04. The normalized spacial score (nSPS) is 10.7. The third-order valence-corrected chi connectivity index (χ3v) is 2.58. The van der Waals surface area contributed by atoms with Crippen molar-refractivity contribution in [2.75, 3.05) is 6.54 Å². The average molecular weight is 209 g/mol. The molecule has 1 aromatic rings. The molecule has 86 valence electrons. The van der Waals surface area contributed by atoms with Crippen molar-refractivity contribution in [2.24, 2.45) is 0 Å². The molecule has 3 nitrogen and oxygen atoms in total. The van der Waals surface area contributed by atoms with Gasteiger partial charge in [-0.1, -0.05) is 39.0 Å². The zero-order valence-electron chi connectivity index (χ0n) is 9.76. The molecule has 0 aliphatic heterocycles. The summed E-state index contributed by atoms with van der Waals surface area (Å²) in [7, 11) is 0. The number of aromatic amines is 1. The Labute approximate surface area is 92.7 Å². The average Bonchev–Trinajstić information content (AvgIpc) is 2.75. The van der Waals surface area contributed by atoms with E-state index in [2.05, 4.69) is 22.2 Å². The number of imidazole rings is 1. The van der Waals surface area contributed by atoms with E-state index in [1.807, 2.05) is 6.20 Å². The molecule has 0 spiro atoms. The second-order valence-corrected chi connectivity index (χ2v) is 4.02. The van der Waals surface area contributed by atoms with Crippen LogP contribution in [0.3, 0.4) is 0 Å². The third-order valence-electron chi connectivity index (χ3n) is 2.58. The van der Waals surface area contributed by atoms with Gasteiger partial charge in [-0.05, 0) is 13.0 Å². The quantitative estimate of drug-likeness (QED) is 0.614. The van der Waals surface area contributed by atoms with Gasteiger partial charge in [0.25, 0.3) is 0 Å². The third kappa shape index (κ3) is 6.28. The molecule has 0 radical (unpaired) electrons. The Bertz CT molecular complexity index is 219. The molecule has 0 amide bonds. The molecule has 15 heavy (non-hydrogen) atoms. The number of H-pyrrole nitrogens is 1. The largest absolute Gasteiger partial charge is 0.347 e. The lowest BCUT2D eigenvalue weighted by Gasteiger charge is -2.02. The molecule has 0 aliphatic rings. The van der Waals surface area contributed by atoms with Gasteiger partial charge in [0.2, 0.25) is 0 Å². The molecule has 0 aromatic carbocycles. The van der Waals surface area contributed by atoms with Gasteiger partial charge in [-0.3, -0.25) is 0 Å². The van der Waals surface area contributed by atoms with Crippen LogP contribution < -0.4 is 5.32 Å². The van der Waals surface area contributed by atoms with Crippen LogP contribution in [-0.2, 0) is 6.54 Å². The van der Waals surface area contributed by atoms with Crippen LogP contribution in [0, 0.1) is 0 Å². The molecule has 0 unspecified atom stereocenters. The molecular formula is C12H23N3. The summed E-state index contributed by atoms with van der Waals surface area (Å²) in [5.74, 6) is 0. The summed E-state index contributed by atoms with van der Waals surface area (Å²) >= 11 is 0. The molecule has 0 saturated carbocycles. The molecule has 1 aromatic heterocycles.